The largest absolute Gasteiger partial charge is 0.456 e. The maximum Gasteiger partial charge on any atom is 0.160 e. The van der Waals surface area contributed by atoms with Crippen molar-refractivity contribution < 1.29 is 4.42 Å². The highest BCUT2D eigenvalue weighted by molar-refractivity contribution is 6.26. The topological polar surface area (TPSA) is 54.8 Å². The van der Waals surface area contributed by atoms with Crippen molar-refractivity contribution >= 4 is 109 Å². The molecule has 0 bridgehead atoms. The van der Waals surface area contributed by atoms with Crippen LogP contribution < -0.4 is 5.32 Å². The Hall–Kier alpha value is -8.54. The Morgan fingerprint density at radius 2 is 0.985 bits per heavy atom. The lowest BCUT2D eigenvalue weighted by atomic mass is 9.92. The van der Waals surface area contributed by atoms with Gasteiger partial charge in [0.15, 0.2) is 11.5 Å². The van der Waals surface area contributed by atoms with E-state index in [1.165, 1.54) is 43.1 Å². The van der Waals surface area contributed by atoms with Crippen LogP contribution in [0, 0.1) is 0 Å². The van der Waals surface area contributed by atoms with Gasteiger partial charge < -0.3 is 14.3 Å². The Morgan fingerprint density at radius 3 is 1.69 bits per heavy atom. The number of para-hydroxylation sites is 2. The number of furan rings is 1. The number of amidine groups is 2. The molecule has 0 aliphatic carbocycles. The fraction of sp³-hybridized carbons (Fsp3) is 0.0333. The standard InChI is InChI=1S/C60H38N4O/c1-60(51-30-31-53(56-47-27-13-15-29-55(47)65-57(51)56)64-52-28-14-12-26-46(52)48-32-36-16-2-3-17-37(36)35-54(48)64)62-58(49-33-38-18-4-6-20-40(38)42-22-8-10-24-44(42)49)61-59(63-60)50-34-39-19-5-7-21-41(39)43-23-9-11-25-45(43)50/h2-35H,1H3,(H,61,62,63). The van der Waals surface area contributed by atoms with Gasteiger partial charge in [0, 0.05) is 32.8 Å². The minimum Gasteiger partial charge on any atom is -0.456 e. The Morgan fingerprint density at radius 1 is 0.446 bits per heavy atom. The number of nitrogens with zero attached hydrogens (tertiary/aromatic N) is 3. The molecule has 14 rings (SSSR count). The zero-order valence-electron chi connectivity index (χ0n) is 35.4. The molecule has 1 unspecified atom stereocenters. The van der Waals surface area contributed by atoms with E-state index in [1.54, 1.807) is 0 Å². The molecule has 2 aromatic heterocycles. The highest BCUT2D eigenvalue weighted by Crippen LogP contribution is 2.44. The lowest BCUT2D eigenvalue weighted by Crippen LogP contribution is -2.46. The maximum atomic E-state index is 7.11. The van der Waals surface area contributed by atoms with Gasteiger partial charge in [0.25, 0.3) is 0 Å². The smallest absolute Gasteiger partial charge is 0.160 e. The molecular formula is C60H38N4O. The summed E-state index contributed by atoms with van der Waals surface area (Å²) in [6.07, 6.45) is 0. The maximum absolute atomic E-state index is 7.11. The van der Waals surface area contributed by atoms with Crippen LogP contribution in [-0.2, 0) is 5.66 Å². The summed E-state index contributed by atoms with van der Waals surface area (Å²) < 4.78 is 9.53. The van der Waals surface area contributed by atoms with Crippen molar-refractivity contribution in [2.24, 2.45) is 9.98 Å². The molecule has 1 aliphatic heterocycles. The summed E-state index contributed by atoms with van der Waals surface area (Å²) in [7, 11) is 0. The van der Waals surface area contributed by atoms with E-state index in [0.717, 1.165) is 82.7 Å². The van der Waals surface area contributed by atoms with E-state index in [4.69, 9.17) is 14.4 Å². The van der Waals surface area contributed by atoms with Crippen LogP contribution in [0.2, 0.25) is 0 Å². The summed E-state index contributed by atoms with van der Waals surface area (Å²) in [6.45, 7) is 2.17. The van der Waals surface area contributed by atoms with E-state index in [2.05, 4.69) is 217 Å². The van der Waals surface area contributed by atoms with Gasteiger partial charge in [0.2, 0.25) is 0 Å². The molecular weight excluding hydrogens is 793 g/mol. The van der Waals surface area contributed by atoms with Gasteiger partial charge in [0.05, 0.1) is 22.1 Å². The summed E-state index contributed by atoms with van der Waals surface area (Å²) in [6, 6.07) is 73.9. The van der Waals surface area contributed by atoms with Crippen molar-refractivity contribution in [2.75, 3.05) is 0 Å². The van der Waals surface area contributed by atoms with Crippen molar-refractivity contribution in [3.8, 4) is 5.69 Å². The first-order chi connectivity index (χ1) is 32.1. The van der Waals surface area contributed by atoms with Gasteiger partial charge in [-0.15, -0.1) is 0 Å². The van der Waals surface area contributed by atoms with Crippen LogP contribution in [0.1, 0.15) is 23.6 Å². The fourth-order valence-corrected chi connectivity index (χ4v) is 10.8. The lowest BCUT2D eigenvalue weighted by molar-refractivity contribution is 0.452. The second-order valence-electron chi connectivity index (χ2n) is 17.5. The monoisotopic (exact) mass is 830 g/mol. The predicted molar refractivity (Wildman–Crippen MR) is 272 cm³/mol. The Kier molecular flexibility index (Phi) is 7.47. The molecule has 0 saturated carbocycles. The molecule has 0 radical (unpaired) electrons. The zero-order valence-corrected chi connectivity index (χ0v) is 35.4. The van der Waals surface area contributed by atoms with E-state index in [9.17, 15) is 0 Å². The molecule has 1 aliphatic rings. The number of aromatic nitrogens is 1. The van der Waals surface area contributed by atoms with Gasteiger partial charge in [0.1, 0.15) is 17.0 Å². The van der Waals surface area contributed by atoms with Crippen LogP contribution in [0.3, 0.4) is 0 Å². The lowest BCUT2D eigenvalue weighted by Gasteiger charge is -2.34. The highest BCUT2D eigenvalue weighted by Gasteiger charge is 2.37. The van der Waals surface area contributed by atoms with Crippen molar-refractivity contribution in [1.82, 2.24) is 9.88 Å². The molecule has 0 fully saturated rings. The number of rotatable bonds is 4. The number of fused-ring (bicyclic) bond motifs is 13. The van der Waals surface area contributed by atoms with Crippen LogP contribution in [0.4, 0.5) is 0 Å². The fourth-order valence-electron chi connectivity index (χ4n) is 10.8. The van der Waals surface area contributed by atoms with Gasteiger partial charge in [-0.1, -0.05) is 158 Å². The molecule has 1 N–H and O–H groups in total. The minimum absolute atomic E-state index is 0.656. The van der Waals surface area contributed by atoms with Crippen LogP contribution in [0.5, 0.6) is 0 Å². The number of benzene rings is 11. The zero-order chi connectivity index (χ0) is 42.8. The second kappa shape index (κ2) is 13.5. The summed E-state index contributed by atoms with van der Waals surface area (Å²) in [5.74, 6) is 1.40. The highest BCUT2D eigenvalue weighted by atomic mass is 16.3. The van der Waals surface area contributed by atoms with E-state index in [0.29, 0.717) is 5.84 Å². The number of hydrogen-bond donors (Lipinski definition) is 1. The molecule has 3 heterocycles. The van der Waals surface area contributed by atoms with Crippen LogP contribution in [0.15, 0.2) is 221 Å². The minimum atomic E-state index is -1.03. The molecule has 304 valence electrons. The van der Waals surface area contributed by atoms with Crippen LogP contribution in [-0.4, -0.2) is 16.2 Å². The molecule has 11 aromatic carbocycles. The van der Waals surface area contributed by atoms with Gasteiger partial charge in [-0.3, -0.25) is 0 Å². The SMILES string of the molecule is CC1(c2ccc(-n3c4ccccc4c4cc5ccccc5cc43)c3c2oc2ccccc23)N=C(c2cc3ccccc3c3ccccc23)N=C(c2cc3ccccc3c3ccccc23)N1. The molecule has 0 saturated heterocycles. The third-order valence-corrected chi connectivity index (χ3v) is 13.8. The summed E-state index contributed by atoms with van der Waals surface area (Å²) in [5.41, 5.74) is 6.80. The van der Waals surface area contributed by atoms with Gasteiger partial charge in [-0.2, -0.15) is 0 Å². The third kappa shape index (κ3) is 5.27. The second-order valence-corrected chi connectivity index (χ2v) is 17.5. The Bertz CT molecular complexity index is 4250. The van der Waals surface area contributed by atoms with Crippen molar-refractivity contribution in [1.29, 1.82) is 0 Å². The Balaban J connectivity index is 1.07. The van der Waals surface area contributed by atoms with Crippen molar-refractivity contribution in [2.45, 2.75) is 12.6 Å². The van der Waals surface area contributed by atoms with Crippen LogP contribution in [0.25, 0.3) is 103 Å². The number of hydrogen-bond acceptors (Lipinski definition) is 4. The number of aliphatic imine (C=N–C) groups is 2. The van der Waals surface area contributed by atoms with E-state index in [-0.39, 0.29) is 0 Å². The quantitative estimate of drug-likeness (QED) is 0.180. The summed E-state index contributed by atoms with van der Waals surface area (Å²) >= 11 is 0. The molecule has 1 atom stereocenters. The average molecular weight is 831 g/mol. The van der Waals surface area contributed by atoms with Gasteiger partial charge in [-0.25, -0.2) is 9.98 Å². The molecule has 65 heavy (non-hydrogen) atoms. The average Bonchev–Trinajstić information content (AvgIpc) is 3.90. The Labute approximate surface area is 373 Å². The molecule has 13 aromatic rings. The van der Waals surface area contributed by atoms with Gasteiger partial charge >= 0.3 is 0 Å². The molecule has 5 nitrogen and oxygen atoms in total. The van der Waals surface area contributed by atoms with E-state index >= 15 is 0 Å². The third-order valence-electron chi connectivity index (χ3n) is 13.8. The predicted octanol–water partition coefficient (Wildman–Crippen LogP) is 15.1. The van der Waals surface area contributed by atoms with E-state index in [1.807, 2.05) is 6.07 Å². The van der Waals surface area contributed by atoms with Gasteiger partial charge in [-0.05, 0) is 109 Å². The van der Waals surface area contributed by atoms with E-state index < -0.39 is 5.66 Å². The van der Waals surface area contributed by atoms with Crippen molar-refractivity contribution in [3.63, 3.8) is 0 Å². The molecule has 5 heteroatoms. The van der Waals surface area contributed by atoms with Crippen molar-refractivity contribution in [3.05, 3.63) is 223 Å². The molecule has 0 amide bonds. The molecule has 0 spiro atoms. The summed E-state index contributed by atoms with van der Waals surface area (Å²) in [5, 5.41) is 20.1. The first-order valence-corrected chi connectivity index (χ1v) is 22.2. The number of nitrogens with one attached hydrogen (secondary N) is 1. The normalized spacial score (nSPS) is 15.5. The van der Waals surface area contributed by atoms with Crippen LogP contribution >= 0.6 is 0 Å². The summed E-state index contributed by atoms with van der Waals surface area (Å²) in [4.78, 5) is 11.3. The first kappa shape index (κ1) is 36.0. The first-order valence-electron chi connectivity index (χ1n) is 22.2.